The van der Waals surface area contributed by atoms with Gasteiger partial charge in [0.15, 0.2) is 12.0 Å². The van der Waals surface area contributed by atoms with Crippen LogP contribution in [0.1, 0.15) is 63.0 Å². The van der Waals surface area contributed by atoms with Crippen molar-refractivity contribution in [3.63, 3.8) is 0 Å². The minimum absolute atomic E-state index is 0.0343. The first kappa shape index (κ1) is 28.8. The quantitative estimate of drug-likeness (QED) is 0.178. The third-order valence-electron chi connectivity index (χ3n) is 6.24. The molecule has 10 nitrogen and oxygen atoms in total. The van der Waals surface area contributed by atoms with Crippen LogP contribution in [-0.4, -0.2) is 68.4 Å². The number of carbonyl (C=O) groups excluding carboxylic acids is 1. The third-order valence-corrected chi connectivity index (χ3v) is 6.24. The highest BCUT2D eigenvalue weighted by molar-refractivity contribution is 5.51. The van der Waals surface area contributed by atoms with Gasteiger partial charge in [-0.05, 0) is 44.2 Å². The summed E-state index contributed by atoms with van der Waals surface area (Å²) in [7, 11) is 0. The Kier molecular flexibility index (Phi) is 9.89. The van der Waals surface area contributed by atoms with E-state index < -0.39 is 36.5 Å². The van der Waals surface area contributed by atoms with Gasteiger partial charge in [-0.1, -0.05) is 45.0 Å². The van der Waals surface area contributed by atoms with Crippen LogP contribution in [0, 0.1) is 12.8 Å². The number of benzene rings is 1. The summed E-state index contributed by atoms with van der Waals surface area (Å²) in [6, 6.07) is 8.28. The zero-order chi connectivity index (χ0) is 27.3. The molecule has 2 heterocycles. The molecule has 3 rings (SSSR count). The monoisotopic (exact) mass is 518 g/mol. The van der Waals surface area contributed by atoms with Gasteiger partial charge >= 0.3 is 0 Å². The zero-order valence-electron chi connectivity index (χ0n) is 22.2. The van der Waals surface area contributed by atoms with Crippen LogP contribution >= 0.6 is 0 Å². The molecule has 1 fully saturated rings. The van der Waals surface area contributed by atoms with E-state index >= 15 is 0 Å². The molecule has 1 saturated heterocycles. The Labute approximate surface area is 217 Å². The molecule has 1 aromatic heterocycles. The Morgan fingerprint density at radius 1 is 1.08 bits per heavy atom. The molecular weight excluding hydrogens is 480 g/mol. The number of ether oxygens (including phenoxy) is 2. The van der Waals surface area contributed by atoms with Crippen molar-refractivity contribution >= 4 is 5.94 Å². The lowest BCUT2D eigenvalue weighted by Crippen LogP contribution is -2.59. The Morgan fingerprint density at radius 3 is 2.30 bits per heavy atom. The van der Waals surface area contributed by atoms with Gasteiger partial charge in [0.1, 0.15) is 18.3 Å². The fourth-order valence-corrected chi connectivity index (χ4v) is 4.05. The van der Waals surface area contributed by atoms with E-state index in [4.69, 9.17) is 19.2 Å². The second-order valence-corrected chi connectivity index (χ2v) is 10.00. The number of aliphatic hydroxyl groups is 3. The lowest BCUT2D eigenvalue weighted by atomic mass is 9.98. The van der Waals surface area contributed by atoms with Crippen molar-refractivity contribution in [2.45, 2.75) is 91.1 Å². The number of hydrogen-bond acceptors (Lipinski definition) is 9. The van der Waals surface area contributed by atoms with E-state index in [0.717, 1.165) is 23.2 Å². The second-order valence-electron chi connectivity index (χ2n) is 10.00. The molecule has 0 spiro atoms. The first-order valence-corrected chi connectivity index (χ1v) is 12.6. The van der Waals surface area contributed by atoms with Gasteiger partial charge in [-0.15, -0.1) is 5.10 Å². The molecule has 204 valence electrons. The standard InChI is InChI=1S/C27H38N2O8/c1-7-18-8-10-19(11-9-18)12-20-17(6)29(16(4)5)28-26(20)36-27-24(33)22(31)23(32)25(35-27)21(13-30)37-34-14-15(2)3/h8-11,15-16,22-25,27,31-33H,7,12,14H2,1-6H3/t22-,23-,24+,25+,27-/m0/s1. The summed E-state index contributed by atoms with van der Waals surface area (Å²) in [5, 5.41) is 36.2. The smallest absolute Gasteiger partial charge is 0.256 e. The van der Waals surface area contributed by atoms with Gasteiger partial charge in [0.2, 0.25) is 12.2 Å². The normalized spacial score (nSPS) is 23.8. The molecule has 5 atom stereocenters. The molecular formula is C27H38N2O8. The predicted octanol–water partition coefficient (Wildman–Crippen LogP) is 2.43. The highest BCUT2D eigenvalue weighted by atomic mass is 17.2. The van der Waals surface area contributed by atoms with Crippen molar-refractivity contribution in [2.75, 3.05) is 6.61 Å². The van der Waals surface area contributed by atoms with Crippen LogP contribution in [0.2, 0.25) is 0 Å². The zero-order valence-corrected chi connectivity index (χ0v) is 22.2. The van der Waals surface area contributed by atoms with Gasteiger partial charge < -0.3 is 29.7 Å². The number of aliphatic hydroxyl groups excluding tert-OH is 3. The van der Waals surface area contributed by atoms with Gasteiger partial charge in [-0.3, -0.25) is 4.68 Å². The van der Waals surface area contributed by atoms with Crippen LogP contribution in [0.15, 0.2) is 30.0 Å². The molecule has 10 heteroatoms. The average molecular weight is 519 g/mol. The SMILES string of the molecule is CCc1ccc(Cc2c(O[C@@H]3O[C@H](C(=C=O)OOCC(C)C)[C@@H](O)[C@H](O)[C@H]3O)nn(C(C)C)c2C)cc1. The van der Waals surface area contributed by atoms with E-state index in [1.165, 1.54) is 5.56 Å². The Morgan fingerprint density at radius 2 is 1.73 bits per heavy atom. The lowest BCUT2D eigenvalue weighted by Gasteiger charge is -2.39. The predicted molar refractivity (Wildman–Crippen MR) is 134 cm³/mol. The van der Waals surface area contributed by atoms with Crippen molar-refractivity contribution in [3.8, 4) is 5.88 Å². The Hall–Kier alpha value is -2.72. The topological polar surface area (TPSA) is 133 Å². The number of aromatic nitrogens is 2. The van der Waals surface area contributed by atoms with Crippen molar-refractivity contribution in [3.05, 3.63) is 52.4 Å². The molecule has 0 saturated carbocycles. The van der Waals surface area contributed by atoms with Crippen molar-refractivity contribution in [2.24, 2.45) is 5.92 Å². The van der Waals surface area contributed by atoms with Crippen LogP contribution in [0.4, 0.5) is 0 Å². The van der Waals surface area contributed by atoms with Crippen molar-refractivity contribution < 1.29 is 39.4 Å². The first-order chi connectivity index (χ1) is 17.6. The summed E-state index contributed by atoms with van der Waals surface area (Å²) >= 11 is 0. The summed E-state index contributed by atoms with van der Waals surface area (Å²) in [6.07, 6.45) is -6.49. The molecule has 0 aliphatic carbocycles. The van der Waals surface area contributed by atoms with Gasteiger partial charge in [0, 0.05) is 23.7 Å². The van der Waals surface area contributed by atoms with Gasteiger partial charge in [0.05, 0.1) is 6.61 Å². The molecule has 0 bridgehead atoms. The molecule has 1 aromatic carbocycles. The molecule has 3 N–H and O–H groups in total. The number of rotatable bonds is 11. The van der Waals surface area contributed by atoms with Crippen LogP contribution in [0.25, 0.3) is 0 Å². The maximum Gasteiger partial charge on any atom is 0.256 e. The van der Waals surface area contributed by atoms with E-state index in [1.54, 1.807) is 5.94 Å². The van der Waals surface area contributed by atoms with Crippen LogP contribution in [-0.2, 0) is 32.1 Å². The first-order valence-electron chi connectivity index (χ1n) is 12.6. The largest absolute Gasteiger partial charge is 0.443 e. The molecule has 0 radical (unpaired) electrons. The molecule has 1 aliphatic rings. The number of aryl methyl sites for hydroxylation is 1. The second kappa shape index (κ2) is 12.7. The lowest BCUT2D eigenvalue weighted by molar-refractivity contribution is -0.312. The van der Waals surface area contributed by atoms with Gasteiger partial charge in [-0.25, -0.2) is 4.79 Å². The maximum absolute atomic E-state index is 11.5. The minimum Gasteiger partial charge on any atom is -0.443 e. The fraction of sp³-hybridized carbons (Fsp3) is 0.593. The highest BCUT2D eigenvalue weighted by Gasteiger charge is 2.48. The minimum atomic E-state index is -1.70. The number of hydrogen-bond donors (Lipinski definition) is 3. The van der Waals surface area contributed by atoms with E-state index in [1.807, 2.05) is 51.4 Å². The van der Waals surface area contributed by atoms with Crippen LogP contribution < -0.4 is 4.74 Å². The average Bonchev–Trinajstić information content (AvgIpc) is 3.17. The summed E-state index contributed by atoms with van der Waals surface area (Å²) in [5.41, 5.74) is 3.94. The summed E-state index contributed by atoms with van der Waals surface area (Å²) < 4.78 is 13.5. The van der Waals surface area contributed by atoms with Crippen LogP contribution in [0.3, 0.4) is 0 Å². The van der Waals surface area contributed by atoms with E-state index in [9.17, 15) is 20.1 Å². The highest BCUT2D eigenvalue weighted by Crippen LogP contribution is 2.32. The van der Waals surface area contributed by atoms with Crippen molar-refractivity contribution in [1.29, 1.82) is 0 Å². The Bertz CT molecular complexity index is 1070. The molecule has 0 amide bonds. The Balaban J connectivity index is 1.88. The molecule has 0 unspecified atom stereocenters. The fourth-order valence-electron chi connectivity index (χ4n) is 4.05. The summed E-state index contributed by atoms with van der Waals surface area (Å²) in [4.78, 5) is 21.6. The number of nitrogens with zero attached hydrogens (tertiary/aromatic N) is 2. The maximum atomic E-state index is 11.5. The summed E-state index contributed by atoms with van der Waals surface area (Å²) in [5.74, 6) is 1.37. The summed E-state index contributed by atoms with van der Waals surface area (Å²) in [6.45, 7) is 12.0. The third kappa shape index (κ3) is 6.78. The van der Waals surface area contributed by atoms with Crippen molar-refractivity contribution in [1.82, 2.24) is 9.78 Å². The molecule has 2 aromatic rings. The van der Waals surface area contributed by atoms with Crippen LogP contribution in [0.5, 0.6) is 5.88 Å². The van der Waals surface area contributed by atoms with Gasteiger partial charge in [0.25, 0.3) is 5.76 Å². The van der Waals surface area contributed by atoms with E-state index in [2.05, 4.69) is 24.2 Å². The van der Waals surface area contributed by atoms with E-state index in [0.29, 0.717) is 6.42 Å². The molecule has 1 aliphatic heterocycles. The van der Waals surface area contributed by atoms with Gasteiger partial charge in [-0.2, -0.15) is 4.89 Å². The molecule has 37 heavy (non-hydrogen) atoms. The van der Waals surface area contributed by atoms with E-state index in [-0.39, 0.29) is 24.4 Å².